The molecule has 6 heteroatoms. The Morgan fingerprint density at radius 3 is 2.52 bits per heavy atom. The number of methoxy groups -OCH3 is 1. The van der Waals surface area contributed by atoms with Crippen LogP contribution in [-0.4, -0.2) is 57.6 Å². The second-order valence-electron chi connectivity index (χ2n) is 6.10. The van der Waals surface area contributed by atoms with Gasteiger partial charge in [0.2, 0.25) is 0 Å². The number of nitrogens with zero attached hydrogens (tertiary/aromatic N) is 1. The lowest BCUT2D eigenvalue weighted by atomic mass is 9.95. The van der Waals surface area contributed by atoms with Crippen molar-refractivity contribution in [3.8, 4) is 11.5 Å². The van der Waals surface area contributed by atoms with Gasteiger partial charge >= 0.3 is 5.97 Å². The molecule has 1 rings (SSSR count). The van der Waals surface area contributed by atoms with Gasteiger partial charge in [0.15, 0.2) is 0 Å². The zero-order valence-electron chi connectivity index (χ0n) is 15.8. The van der Waals surface area contributed by atoms with Crippen LogP contribution < -0.4 is 9.47 Å². The third-order valence-electron chi connectivity index (χ3n) is 3.76. The minimum atomic E-state index is -0.819. The standard InChI is InChI=1S/C19H29NO5/c1-6-24-19(22)17(14(2)21)12-15-8-9-16(13-18(15)23-5)25-11-7-10-20(3)4/h8-9,13,17H,6-7,10-12H2,1-5H3. The van der Waals surface area contributed by atoms with E-state index in [4.69, 9.17) is 14.2 Å². The van der Waals surface area contributed by atoms with Gasteiger partial charge in [0.05, 0.1) is 20.3 Å². The molecule has 1 unspecified atom stereocenters. The molecule has 0 amide bonds. The van der Waals surface area contributed by atoms with E-state index in [0.29, 0.717) is 18.1 Å². The Morgan fingerprint density at radius 1 is 1.24 bits per heavy atom. The van der Waals surface area contributed by atoms with Crippen molar-refractivity contribution in [3.05, 3.63) is 23.8 Å². The molecular formula is C19H29NO5. The molecular weight excluding hydrogens is 322 g/mol. The molecule has 0 N–H and O–H groups in total. The molecule has 0 aliphatic heterocycles. The first-order valence-corrected chi connectivity index (χ1v) is 8.50. The van der Waals surface area contributed by atoms with Gasteiger partial charge in [-0.2, -0.15) is 0 Å². The second-order valence-corrected chi connectivity index (χ2v) is 6.10. The molecule has 0 aliphatic carbocycles. The number of benzene rings is 1. The summed E-state index contributed by atoms with van der Waals surface area (Å²) in [5.74, 6) is -0.234. The first-order valence-electron chi connectivity index (χ1n) is 8.50. The summed E-state index contributed by atoms with van der Waals surface area (Å²) in [6.45, 7) is 4.93. The fraction of sp³-hybridized carbons (Fsp3) is 0.579. The maximum Gasteiger partial charge on any atom is 0.316 e. The van der Waals surface area contributed by atoms with Gasteiger partial charge in [-0.15, -0.1) is 0 Å². The van der Waals surface area contributed by atoms with Gasteiger partial charge in [-0.05, 0) is 52.4 Å². The Labute approximate surface area is 150 Å². The van der Waals surface area contributed by atoms with Crippen LogP contribution in [-0.2, 0) is 20.7 Å². The van der Waals surface area contributed by atoms with Gasteiger partial charge in [-0.3, -0.25) is 9.59 Å². The molecule has 25 heavy (non-hydrogen) atoms. The number of hydrogen-bond donors (Lipinski definition) is 0. The fourth-order valence-electron chi connectivity index (χ4n) is 2.41. The van der Waals surface area contributed by atoms with Crippen molar-refractivity contribution >= 4 is 11.8 Å². The second kappa shape index (κ2) is 10.7. The van der Waals surface area contributed by atoms with Crippen molar-refractivity contribution < 1.29 is 23.8 Å². The van der Waals surface area contributed by atoms with Crippen molar-refractivity contribution in [3.63, 3.8) is 0 Å². The lowest BCUT2D eigenvalue weighted by molar-refractivity contribution is -0.151. The van der Waals surface area contributed by atoms with Crippen LogP contribution in [0.3, 0.4) is 0 Å². The topological polar surface area (TPSA) is 65.1 Å². The maximum absolute atomic E-state index is 12.0. The average molecular weight is 351 g/mol. The van der Waals surface area contributed by atoms with Crippen molar-refractivity contribution in [2.24, 2.45) is 5.92 Å². The van der Waals surface area contributed by atoms with Crippen LogP contribution in [0, 0.1) is 5.92 Å². The van der Waals surface area contributed by atoms with E-state index in [1.54, 1.807) is 20.1 Å². The number of ketones is 1. The molecule has 0 bridgehead atoms. The Bertz CT molecular complexity index is 571. The molecule has 1 atom stereocenters. The minimum Gasteiger partial charge on any atom is -0.496 e. The third kappa shape index (κ3) is 7.13. The predicted molar refractivity (Wildman–Crippen MR) is 96.2 cm³/mol. The van der Waals surface area contributed by atoms with Gasteiger partial charge in [-0.25, -0.2) is 0 Å². The zero-order chi connectivity index (χ0) is 18.8. The fourth-order valence-corrected chi connectivity index (χ4v) is 2.41. The third-order valence-corrected chi connectivity index (χ3v) is 3.76. The Hall–Kier alpha value is -2.08. The Balaban J connectivity index is 2.79. The Kier molecular flexibility index (Phi) is 8.99. The molecule has 1 aromatic rings. The summed E-state index contributed by atoms with van der Waals surface area (Å²) in [6, 6.07) is 5.44. The molecule has 140 valence electrons. The first-order chi connectivity index (χ1) is 11.9. The van der Waals surface area contributed by atoms with Crippen LogP contribution >= 0.6 is 0 Å². The summed E-state index contributed by atoms with van der Waals surface area (Å²) in [5.41, 5.74) is 0.774. The van der Waals surface area contributed by atoms with E-state index in [1.807, 2.05) is 26.2 Å². The molecule has 0 aromatic heterocycles. The molecule has 1 aromatic carbocycles. The molecule has 0 radical (unpaired) electrons. The highest BCUT2D eigenvalue weighted by atomic mass is 16.5. The van der Waals surface area contributed by atoms with Gasteiger partial charge in [-0.1, -0.05) is 6.07 Å². The highest BCUT2D eigenvalue weighted by molar-refractivity contribution is 5.98. The lowest BCUT2D eigenvalue weighted by Gasteiger charge is -2.16. The molecule has 0 heterocycles. The quantitative estimate of drug-likeness (QED) is 0.346. The van der Waals surface area contributed by atoms with E-state index in [-0.39, 0.29) is 18.8 Å². The summed E-state index contributed by atoms with van der Waals surface area (Å²) in [7, 11) is 5.60. The lowest BCUT2D eigenvalue weighted by Crippen LogP contribution is -2.26. The number of carbonyl (C=O) groups is 2. The number of rotatable bonds is 11. The summed E-state index contributed by atoms with van der Waals surface area (Å²) in [5, 5.41) is 0. The van der Waals surface area contributed by atoms with Crippen molar-refractivity contribution in [2.45, 2.75) is 26.7 Å². The molecule has 0 saturated heterocycles. The van der Waals surface area contributed by atoms with E-state index in [9.17, 15) is 9.59 Å². The summed E-state index contributed by atoms with van der Waals surface area (Å²) < 4.78 is 16.1. The van der Waals surface area contributed by atoms with Crippen LogP contribution in [0.4, 0.5) is 0 Å². The van der Waals surface area contributed by atoms with Crippen LogP contribution in [0.1, 0.15) is 25.8 Å². The molecule has 0 saturated carbocycles. The largest absolute Gasteiger partial charge is 0.496 e. The van der Waals surface area contributed by atoms with E-state index in [1.165, 1.54) is 6.92 Å². The van der Waals surface area contributed by atoms with Crippen molar-refractivity contribution in [1.29, 1.82) is 0 Å². The SMILES string of the molecule is CCOC(=O)C(Cc1ccc(OCCCN(C)C)cc1OC)C(C)=O. The molecule has 0 fully saturated rings. The van der Waals surface area contributed by atoms with Crippen molar-refractivity contribution in [2.75, 3.05) is 41.0 Å². The summed E-state index contributed by atoms with van der Waals surface area (Å²) in [6.07, 6.45) is 1.17. The van der Waals surface area contributed by atoms with E-state index in [0.717, 1.165) is 18.5 Å². The normalized spacial score (nSPS) is 11.9. The van der Waals surface area contributed by atoms with Crippen LogP contribution in [0.5, 0.6) is 11.5 Å². The first kappa shape index (κ1) is 21.0. The Morgan fingerprint density at radius 2 is 1.96 bits per heavy atom. The van der Waals surface area contributed by atoms with E-state index >= 15 is 0 Å². The minimum absolute atomic E-state index is 0.218. The number of Topliss-reactive ketones (excluding diaryl/α,β-unsaturated/α-hetero) is 1. The number of esters is 1. The van der Waals surface area contributed by atoms with E-state index in [2.05, 4.69) is 4.90 Å². The smallest absolute Gasteiger partial charge is 0.316 e. The highest BCUT2D eigenvalue weighted by Crippen LogP contribution is 2.27. The predicted octanol–water partition coefficient (Wildman–Crippen LogP) is 2.34. The molecule has 0 aliphatic rings. The monoisotopic (exact) mass is 351 g/mol. The zero-order valence-corrected chi connectivity index (χ0v) is 15.8. The van der Waals surface area contributed by atoms with Crippen LogP contribution in [0.25, 0.3) is 0 Å². The average Bonchev–Trinajstić information content (AvgIpc) is 2.56. The summed E-state index contributed by atoms with van der Waals surface area (Å²) in [4.78, 5) is 25.9. The summed E-state index contributed by atoms with van der Waals surface area (Å²) >= 11 is 0. The van der Waals surface area contributed by atoms with Crippen LogP contribution in [0.15, 0.2) is 18.2 Å². The molecule has 6 nitrogen and oxygen atoms in total. The van der Waals surface area contributed by atoms with Gasteiger partial charge in [0, 0.05) is 12.6 Å². The maximum atomic E-state index is 12.0. The van der Waals surface area contributed by atoms with Gasteiger partial charge < -0.3 is 19.1 Å². The van der Waals surface area contributed by atoms with E-state index < -0.39 is 11.9 Å². The van der Waals surface area contributed by atoms with Gasteiger partial charge in [0.1, 0.15) is 23.2 Å². The number of hydrogen-bond acceptors (Lipinski definition) is 6. The van der Waals surface area contributed by atoms with Crippen LogP contribution in [0.2, 0.25) is 0 Å². The van der Waals surface area contributed by atoms with Gasteiger partial charge in [0.25, 0.3) is 0 Å². The molecule has 0 spiro atoms. The number of carbonyl (C=O) groups excluding carboxylic acids is 2. The highest BCUT2D eigenvalue weighted by Gasteiger charge is 2.26. The number of ether oxygens (including phenoxy) is 3. The van der Waals surface area contributed by atoms with Crippen molar-refractivity contribution in [1.82, 2.24) is 4.90 Å².